The van der Waals surface area contributed by atoms with E-state index in [1.807, 2.05) is 0 Å². The third-order valence-electron chi connectivity index (χ3n) is 0.457. The summed E-state index contributed by atoms with van der Waals surface area (Å²) in [4.78, 5) is 0. The molecule has 0 spiro atoms. The lowest BCUT2D eigenvalue weighted by Gasteiger charge is -2.13. The van der Waals surface area contributed by atoms with Crippen LogP contribution in [0.15, 0.2) is 12.7 Å². The Balaban J connectivity index is 3.46. The van der Waals surface area contributed by atoms with Gasteiger partial charge >= 0.3 is 0 Å². The van der Waals surface area contributed by atoms with Crippen LogP contribution in [0, 0.1) is 0 Å². The molecule has 1 N–H and O–H groups in total. The van der Waals surface area contributed by atoms with E-state index >= 15 is 0 Å². The topological polar surface area (TPSA) is 63.6 Å². The molecule has 0 aromatic carbocycles. The van der Waals surface area contributed by atoms with E-state index in [1.165, 1.54) is 6.08 Å². The molecule has 0 amide bonds. The fourth-order valence-corrected chi connectivity index (χ4v) is 0.398. The first-order valence-electron chi connectivity index (χ1n) is 1.85. The lowest BCUT2D eigenvalue weighted by molar-refractivity contribution is 0.0126. The summed E-state index contributed by atoms with van der Waals surface area (Å²) in [6.07, 6.45) is 1.27. The highest BCUT2D eigenvalue weighted by molar-refractivity contribution is 7.76. The second-order valence-electron chi connectivity index (χ2n) is 1.04. The van der Waals surface area contributed by atoms with E-state index in [-0.39, 0.29) is 11.0 Å². The highest BCUT2D eigenvalue weighted by atomic mass is 32.2. The van der Waals surface area contributed by atoms with Gasteiger partial charge in [-0.25, -0.2) is 0 Å². The van der Waals surface area contributed by atoms with Gasteiger partial charge in [-0.3, -0.25) is 4.21 Å². The number of hydroxylamine groups is 1. The summed E-state index contributed by atoms with van der Waals surface area (Å²) < 4.78 is 19.6. The number of hydrogen-bond donors (Lipinski definition) is 1. The third kappa shape index (κ3) is 2.86. The first-order chi connectivity index (χ1) is 3.68. The van der Waals surface area contributed by atoms with E-state index in [1.54, 1.807) is 0 Å². The van der Waals surface area contributed by atoms with E-state index in [2.05, 4.69) is 6.58 Å². The highest BCUT2D eigenvalue weighted by Gasteiger charge is 1.91. The molecule has 4 nitrogen and oxygen atoms in total. The molecule has 0 heterocycles. The Morgan fingerprint density at radius 2 is 2.50 bits per heavy atom. The lowest BCUT2D eigenvalue weighted by atomic mass is 10.7. The minimum atomic E-state index is -2.54. The molecule has 1 atom stereocenters. The second-order valence-corrected chi connectivity index (χ2v) is 1.90. The van der Waals surface area contributed by atoms with Crippen LogP contribution in [-0.4, -0.2) is 25.0 Å². The van der Waals surface area contributed by atoms with Crippen LogP contribution in [0.1, 0.15) is 0 Å². The van der Waals surface area contributed by atoms with Crippen LogP contribution in [0.25, 0.3) is 0 Å². The molecule has 0 aliphatic heterocycles. The van der Waals surface area contributed by atoms with Crippen molar-refractivity contribution in [1.29, 1.82) is 0 Å². The minimum Gasteiger partial charge on any atom is -0.758 e. The Morgan fingerprint density at radius 1 is 2.00 bits per heavy atom. The summed E-state index contributed by atoms with van der Waals surface area (Å²) in [6.45, 7) is 3.13. The molecule has 0 bridgehead atoms. The molecule has 8 heavy (non-hydrogen) atoms. The van der Waals surface area contributed by atoms with Gasteiger partial charge < -0.3 is 9.76 Å². The highest BCUT2D eigenvalue weighted by Crippen LogP contribution is 1.82. The molecule has 0 rings (SSSR count). The average Bonchev–Trinajstić information content (AvgIpc) is 1.67. The van der Waals surface area contributed by atoms with Crippen molar-refractivity contribution in [1.82, 2.24) is 4.47 Å². The van der Waals surface area contributed by atoms with Crippen molar-refractivity contribution in [3.8, 4) is 0 Å². The van der Waals surface area contributed by atoms with Crippen LogP contribution in [0.2, 0.25) is 0 Å². The molecule has 0 aromatic heterocycles. The normalized spacial score (nSPS) is 13.9. The van der Waals surface area contributed by atoms with Crippen LogP contribution >= 0.6 is 0 Å². The zero-order valence-corrected chi connectivity index (χ0v) is 4.93. The van der Waals surface area contributed by atoms with Gasteiger partial charge in [0.05, 0.1) is 6.54 Å². The van der Waals surface area contributed by atoms with Gasteiger partial charge in [-0.15, -0.1) is 11.0 Å². The Kier molecular flexibility index (Phi) is 3.63. The summed E-state index contributed by atoms with van der Waals surface area (Å²) in [7, 11) is 0. The summed E-state index contributed by atoms with van der Waals surface area (Å²) in [6, 6.07) is 0. The number of rotatable bonds is 3. The predicted molar refractivity (Wildman–Crippen MR) is 27.6 cm³/mol. The van der Waals surface area contributed by atoms with Crippen LogP contribution in [0.3, 0.4) is 0 Å². The van der Waals surface area contributed by atoms with E-state index in [4.69, 9.17) is 5.21 Å². The maximum absolute atomic E-state index is 9.72. The largest absolute Gasteiger partial charge is 0.758 e. The zero-order chi connectivity index (χ0) is 6.57. The van der Waals surface area contributed by atoms with Crippen molar-refractivity contribution in [2.75, 3.05) is 6.54 Å². The van der Waals surface area contributed by atoms with Crippen LogP contribution in [0.5, 0.6) is 0 Å². The van der Waals surface area contributed by atoms with Crippen LogP contribution in [-0.2, 0) is 11.3 Å². The van der Waals surface area contributed by atoms with Crippen molar-refractivity contribution in [3.05, 3.63) is 12.7 Å². The average molecular weight is 136 g/mol. The Morgan fingerprint density at radius 3 is 2.62 bits per heavy atom. The Hall–Kier alpha value is -0.230. The summed E-state index contributed by atoms with van der Waals surface area (Å²) in [5, 5.41) is 8.28. The second kappa shape index (κ2) is 3.73. The molecule has 0 fully saturated rings. The molecule has 0 aliphatic rings. The van der Waals surface area contributed by atoms with Gasteiger partial charge in [0.2, 0.25) is 0 Å². The molecule has 0 saturated carbocycles. The van der Waals surface area contributed by atoms with Gasteiger partial charge in [-0.1, -0.05) is 6.08 Å². The standard InChI is InChI=1S/C3H7NO3S/c1-2-3-4(5)8(6)7/h2,5H,1,3H2,(H,6,7)/p-1. The van der Waals surface area contributed by atoms with Crippen molar-refractivity contribution in [3.63, 3.8) is 0 Å². The van der Waals surface area contributed by atoms with Crippen molar-refractivity contribution >= 4 is 11.3 Å². The summed E-state index contributed by atoms with van der Waals surface area (Å²) >= 11 is -2.54. The summed E-state index contributed by atoms with van der Waals surface area (Å²) in [5.41, 5.74) is 0. The molecule has 1 unspecified atom stereocenters. The Labute approximate surface area is 49.8 Å². The predicted octanol–water partition coefficient (Wildman–Crippen LogP) is -0.342. The molecule has 48 valence electrons. The lowest BCUT2D eigenvalue weighted by Crippen LogP contribution is -2.20. The van der Waals surface area contributed by atoms with Gasteiger partial charge in [0.15, 0.2) is 0 Å². The van der Waals surface area contributed by atoms with E-state index < -0.39 is 11.3 Å². The smallest absolute Gasteiger partial charge is 0.0547 e. The number of nitrogens with zero attached hydrogens (tertiary/aromatic N) is 1. The van der Waals surface area contributed by atoms with Crippen LogP contribution < -0.4 is 0 Å². The first-order valence-corrected chi connectivity index (χ1v) is 2.88. The molecule has 0 saturated heterocycles. The van der Waals surface area contributed by atoms with Gasteiger partial charge in [0, 0.05) is 11.3 Å². The van der Waals surface area contributed by atoms with E-state index in [9.17, 15) is 8.76 Å². The molecule has 5 heteroatoms. The first kappa shape index (κ1) is 7.77. The molecule has 0 aromatic rings. The quantitative estimate of drug-likeness (QED) is 0.328. The van der Waals surface area contributed by atoms with Gasteiger partial charge in [0.1, 0.15) is 0 Å². The maximum Gasteiger partial charge on any atom is 0.0547 e. The fraction of sp³-hybridized carbons (Fsp3) is 0.333. The number of hydrogen-bond acceptors (Lipinski definition) is 3. The van der Waals surface area contributed by atoms with E-state index in [0.29, 0.717) is 0 Å². The molecular weight excluding hydrogens is 130 g/mol. The third-order valence-corrected chi connectivity index (χ3v) is 0.951. The monoisotopic (exact) mass is 136 g/mol. The van der Waals surface area contributed by atoms with Crippen molar-refractivity contribution < 1.29 is 14.0 Å². The SMILES string of the molecule is C=CCN(O)S(=O)[O-]. The van der Waals surface area contributed by atoms with E-state index in [0.717, 1.165) is 0 Å². The maximum atomic E-state index is 9.72. The van der Waals surface area contributed by atoms with Crippen molar-refractivity contribution in [2.24, 2.45) is 0 Å². The molecule has 0 radical (unpaired) electrons. The van der Waals surface area contributed by atoms with Crippen LogP contribution in [0.4, 0.5) is 0 Å². The summed E-state index contributed by atoms with van der Waals surface area (Å²) in [5.74, 6) is 0. The van der Waals surface area contributed by atoms with Crippen molar-refractivity contribution in [2.45, 2.75) is 0 Å². The van der Waals surface area contributed by atoms with Gasteiger partial charge in [0.25, 0.3) is 0 Å². The molecule has 0 aliphatic carbocycles. The minimum absolute atomic E-state index is 0.0733. The zero-order valence-electron chi connectivity index (χ0n) is 4.11. The Bertz CT molecular complexity index is 105. The van der Waals surface area contributed by atoms with Gasteiger partial charge in [-0.05, 0) is 0 Å². The molecular formula is C3H6NO3S-. The fourth-order valence-electron chi connectivity index (χ4n) is 0.171. The van der Waals surface area contributed by atoms with Gasteiger partial charge in [-0.2, -0.15) is 0 Å².